The maximum absolute atomic E-state index is 13.6. The van der Waals surface area contributed by atoms with Gasteiger partial charge in [-0.3, -0.25) is 0 Å². The van der Waals surface area contributed by atoms with E-state index in [-0.39, 0.29) is 11.6 Å². The molecule has 0 amide bonds. The number of halogens is 2. The highest BCUT2D eigenvalue weighted by molar-refractivity contribution is 5.85. The van der Waals surface area contributed by atoms with Crippen molar-refractivity contribution < 1.29 is 8.78 Å². The molecule has 0 fully saturated rings. The molecule has 2 heterocycles. The van der Waals surface area contributed by atoms with Crippen molar-refractivity contribution in [1.82, 2.24) is 19.9 Å². The highest BCUT2D eigenvalue weighted by atomic mass is 19.1. The lowest BCUT2D eigenvalue weighted by atomic mass is 10.0. The Kier molecular flexibility index (Phi) is 6.49. The number of nitrogens with one attached hydrogen (secondary N) is 2. The fraction of sp³-hybridized carbons (Fsp3) is 0. The number of hydrogen-bond donors (Lipinski definition) is 2. The molecule has 2 N–H and O–H groups in total. The van der Waals surface area contributed by atoms with E-state index in [0.717, 1.165) is 56.2 Å². The van der Waals surface area contributed by atoms with Crippen LogP contribution in [0.4, 0.5) is 8.78 Å². The van der Waals surface area contributed by atoms with Crippen molar-refractivity contribution in [2.45, 2.75) is 0 Å². The van der Waals surface area contributed by atoms with Crippen LogP contribution in [0.3, 0.4) is 0 Å². The number of benzene rings is 5. The Labute approximate surface area is 241 Å². The molecule has 0 radical (unpaired) electrons. The van der Waals surface area contributed by atoms with Crippen LogP contribution in [0.1, 0.15) is 0 Å². The topological polar surface area (TPSA) is 57.4 Å². The molecule has 42 heavy (non-hydrogen) atoms. The molecule has 0 saturated carbocycles. The second-order valence-corrected chi connectivity index (χ2v) is 9.94. The first-order chi connectivity index (χ1) is 20.6. The highest BCUT2D eigenvalue weighted by Gasteiger charge is 2.18. The normalized spacial score (nSPS) is 11.1. The zero-order chi connectivity index (χ0) is 28.5. The molecule has 202 valence electrons. The number of nitrogens with zero attached hydrogens (tertiary/aromatic N) is 2. The number of hydrogen-bond acceptors (Lipinski definition) is 2. The summed E-state index contributed by atoms with van der Waals surface area (Å²) in [6.07, 6.45) is 0. The van der Waals surface area contributed by atoms with Crippen LogP contribution in [0.2, 0.25) is 0 Å². The van der Waals surface area contributed by atoms with Crippen molar-refractivity contribution in [3.05, 3.63) is 145 Å². The van der Waals surface area contributed by atoms with Crippen molar-refractivity contribution in [3.8, 4) is 67.8 Å². The minimum absolute atomic E-state index is 0.291. The summed E-state index contributed by atoms with van der Waals surface area (Å²) in [4.78, 5) is 16.8. The smallest absolute Gasteiger partial charge is 0.138 e. The van der Waals surface area contributed by atoms with E-state index >= 15 is 0 Å². The third kappa shape index (κ3) is 4.90. The maximum Gasteiger partial charge on any atom is 0.138 e. The quantitative estimate of drug-likeness (QED) is 0.217. The van der Waals surface area contributed by atoms with E-state index in [1.54, 1.807) is 24.3 Å². The van der Waals surface area contributed by atoms with Crippen LogP contribution in [-0.2, 0) is 0 Å². The molecule has 6 heteroatoms. The van der Waals surface area contributed by atoms with Crippen molar-refractivity contribution in [1.29, 1.82) is 0 Å². The van der Waals surface area contributed by atoms with Crippen LogP contribution in [0, 0.1) is 11.6 Å². The Morgan fingerprint density at radius 3 is 1.05 bits per heavy atom. The minimum atomic E-state index is -0.291. The van der Waals surface area contributed by atoms with Crippen molar-refractivity contribution in [3.63, 3.8) is 0 Å². The first kappa shape index (κ1) is 25.4. The molecule has 5 aromatic carbocycles. The first-order valence-corrected chi connectivity index (χ1v) is 13.6. The van der Waals surface area contributed by atoms with Crippen LogP contribution in [0.5, 0.6) is 0 Å². The number of aromatic nitrogens is 4. The van der Waals surface area contributed by atoms with Gasteiger partial charge in [0.05, 0.1) is 22.8 Å². The van der Waals surface area contributed by atoms with Gasteiger partial charge in [0.2, 0.25) is 0 Å². The van der Waals surface area contributed by atoms with E-state index in [4.69, 9.17) is 9.97 Å². The number of aromatic amines is 2. The van der Waals surface area contributed by atoms with Gasteiger partial charge in [-0.1, -0.05) is 84.9 Å². The molecule has 0 atom stereocenters. The lowest BCUT2D eigenvalue weighted by Crippen LogP contribution is -1.86. The maximum atomic E-state index is 13.6. The van der Waals surface area contributed by atoms with Gasteiger partial charge < -0.3 is 9.97 Å². The molecular weight excluding hydrogens is 526 g/mol. The van der Waals surface area contributed by atoms with Gasteiger partial charge in [0.1, 0.15) is 23.3 Å². The molecule has 0 aliphatic carbocycles. The Hall–Kier alpha value is -5.62. The summed E-state index contributed by atoms with van der Waals surface area (Å²) >= 11 is 0. The summed E-state index contributed by atoms with van der Waals surface area (Å²) in [7, 11) is 0. The van der Waals surface area contributed by atoms with E-state index in [0.29, 0.717) is 11.6 Å². The van der Waals surface area contributed by atoms with E-state index < -0.39 is 0 Å². The summed E-state index contributed by atoms with van der Waals surface area (Å²) in [6, 6.07) is 40.8. The molecule has 0 unspecified atom stereocenters. The number of imidazole rings is 2. The van der Waals surface area contributed by atoms with E-state index in [1.165, 1.54) is 24.3 Å². The summed E-state index contributed by atoms with van der Waals surface area (Å²) < 4.78 is 27.2. The van der Waals surface area contributed by atoms with Gasteiger partial charge >= 0.3 is 0 Å². The van der Waals surface area contributed by atoms with Gasteiger partial charge in [-0.2, -0.15) is 0 Å². The minimum Gasteiger partial charge on any atom is -0.337 e. The second kappa shape index (κ2) is 10.7. The Balaban J connectivity index is 1.31. The molecule has 0 aliphatic heterocycles. The molecule has 0 aliphatic rings. The van der Waals surface area contributed by atoms with E-state index in [1.807, 2.05) is 60.7 Å². The third-order valence-corrected chi connectivity index (χ3v) is 7.20. The average Bonchev–Trinajstić information content (AvgIpc) is 3.69. The van der Waals surface area contributed by atoms with Crippen molar-refractivity contribution in [2.75, 3.05) is 0 Å². The molecule has 0 spiro atoms. The summed E-state index contributed by atoms with van der Waals surface area (Å²) in [5, 5.41) is 0. The lowest BCUT2D eigenvalue weighted by molar-refractivity contribution is 0.627. The zero-order valence-corrected chi connectivity index (χ0v) is 22.4. The number of rotatable bonds is 6. The first-order valence-electron chi connectivity index (χ1n) is 13.6. The van der Waals surface area contributed by atoms with Gasteiger partial charge in [0.25, 0.3) is 0 Å². The second-order valence-electron chi connectivity index (χ2n) is 9.94. The molecule has 7 aromatic rings. The van der Waals surface area contributed by atoms with Crippen LogP contribution in [0.15, 0.2) is 133 Å². The summed E-state index contributed by atoms with van der Waals surface area (Å²) in [5.41, 5.74) is 8.83. The summed E-state index contributed by atoms with van der Waals surface area (Å²) in [6.45, 7) is 0. The van der Waals surface area contributed by atoms with Crippen LogP contribution in [0.25, 0.3) is 67.8 Å². The largest absolute Gasteiger partial charge is 0.337 e. The van der Waals surface area contributed by atoms with Crippen molar-refractivity contribution in [2.24, 2.45) is 0 Å². The standard InChI is InChI=1S/C36H24F2N4/c37-29-19-15-27(16-20-29)35-39-31(23-7-3-1-4-8-23)33(41-35)25-11-13-26(14-12-25)34-32(24-9-5-2-6-10-24)40-36(42-34)28-17-21-30(38)22-18-28/h1-22H,(H,39,41)(H,40,42). The number of H-pyrrole nitrogens is 2. The lowest BCUT2D eigenvalue weighted by Gasteiger charge is -2.07. The Bertz CT molecular complexity index is 1810. The fourth-order valence-electron chi connectivity index (χ4n) is 5.07. The molecular formula is C36H24F2N4. The zero-order valence-electron chi connectivity index (χ0n) is 22.4. The Morgan fingerprint density at radius 2 is 0.690 bits per heavy atom. The predicted molar refractivity (Wildman–Crippen MR) is 163 cm³/mol. The average molecular weight is 551 g/mol. The predicted octanol–water partition coefficient (Wildman–Crippen LogP) is 9.41. The Morgan fingerprint density at radius 1 is 0.357 bits per heavy atom. The molecule has 0 bridgehead atoms. The fourth-order valence-corrected chi connectivity index (χ4v) is 5.07. The van der Waals surface area contributed by atoms with E-state index in [2.05, 4.69) is 34.2 Å². The van der Waals surface area contributed by atoms with Crippen molar-refractivity contribution >= 4 is 0 Å². The van der Waals surface area contributed by atoms with Gasteiger partial charge in [-0.05, 0) is 48.5 Å². The summed E-state index contributed by atoms with van der Waals surface area (Å²) in [5.74, 6) is 0.745. The van der Waals surface area contributed by atoms with Crippen LogP contribution < -0.4 is 0 Å². The van der Waals surface area contributed by atoms with Crippen LogP contribution in [-0.4, -0.2) is 19.9 Å². The van der Waals surface area contributed by atoms with E-state index in [9.17, 15) is 8.78 Å². The molecule has 7 rings (SSSR count). The van der Waals surface area contributed by atoms with Gasteiger partial charge in [0.15, 0.2) is 0 Å². The highest BCUT2D eigenvalue weighted by Crippen LogP contribution is 2.37. The SMILES string of the molecule is Fc1ccc(-c2nc(-c3ccccc3)c(-c3ccc(-c4[nH]c(-c5ccc(F)cc5)nc4-c4ccccc4)cc3)[nH]2)cc1. The van der Waals surface area contributed by atoms with Crippen LogP contribution >= 0.6 is 0 Å². The van der Waals surface area contributed by atoms with Gasteiger partial charge in [0, 0.05) is 33.4 Å². The monoisotopic (exact) mass is 550 g/mol. The van der Waals surface area contributed by atoms with Gasteiger partial charge in [-0.15, -0.1) is 0 Å². The third-order valence-electron chi connectivity index (χ3n) is 7.20. The molecule has 2 aromatic heterocycles. The molecule has 0 saturated heterocycles. The molecule has 4 nitrogen and oxygen atoms in total. The van der Waals surface area contributed by atoms with Gasteiger partial charge in [-0.25, -0.2) is 18.7 Å².